The van der Waals surface area contributed by atoms with Crippen molar-refractivity contribution in [2.75, 3.05) is 25.9 Å². The predicted octanol–water partition coefficient (Wildman–Crippen LogP) is 1.86. The normalized spacial score (nSPS) is 14.5. The molecule has 3 aromatic heterocycles. The number of benzene rings is 1. The number of anilines is 1. The summed E-state index contributed by atoms with van der Waals surface area (Å²) in [5, 5.41) is 5.46. The number of fused-ring (bicyclic) bond motifs is 4. The Balaban J connectivity index is 1.41. The first-order valence-electron chi connectivity index (χ1n) is 9.36. The minimum atomic E-state index is 0.307. The van der Waals surface area contributed by atoms with Crippen LogP contribution in [0.4, 0.5) is 5.95 Å². The van der Waals surface area contributed by atoms with Crippen LogP contribution < -0.4 is 10.5 Å². The third-order valence-electron chi connectivity index (χ3n) is 5.26. The third-order valence-corrected chi connectivity index (χ3v) is 5.26. The fourth-order valence-corrected chi connectivity index (χ4v) is 3.80. The molecule has 0 bridgehead atoms. The van der Waals surface area contributed by atoms with E-state index in [4.69, 9.17) is 15.5 Å². The molecule has 5 rings (SSSR count). The first-order valence-corrected chi connectivity index (χ1v) is 9.36. The van der Waals surface area contributed by atoms with Gasteiger partial charge in [-0.15, -0.1) is 5.10 Å². The second-order valence-corrected chi connectivity index (χ2v) is 6.98. The van der Waals surface area contributed by atoms with E-state index in [1.807, 2.05) is 30.5 Å². The fourth-order valence-electron chi connectivity index (χ4n) is 3.80. The molecule has 4 aromatic rings. The number of nitrogens with two attached hydrogens (primary N) is 1. The zero-order valence-corrected chi connectivity index (χ0v) is 15.7. The molecule has 0 spiro atoms. The minimum Gasteiger partial charge on any atom is -0.494 e. The lowest BCUT2D eigenvalue weighted by Crippen LogP contribution is -2.32. The highest BCUT2D eigenvalue weighted by Gasteiger charge is 2.18. The summed E-state index contributed by atoms with van der Waals surface area (Å²) >= 11 is 0. The van der Waals surface area contributed by atoms with Gasteiger partial charge in [-0.1, -0.05) is 12.1 Å². The Bertz CT molecular complexity index is 1170. The van der Waals surface area contributed by atoms with Crippen molar-refractivity contribution in [3.63, 3.8) is 0 Å². The molecule has 0 radical (unpaired) electrons. The number of aromatic nitrogens is 5. The van der Waals surface area contributed by atoms with Crippen LogP contribution in [-0.2, 0) is 19.4 Å². The van der Waals surface area contributed by atoms with Crippen molar-refractivity contribution in [2.24, 2.45) is 0 Å². The summed E-state index contributed by atoms with van der Waals surface area (Å²) in [5.41, 5.74) is 10.1. The highest BCUT2D eigenvalue weighted by Crippen LogP contribution is 2.27. The fraction of sp³-hybridized carbons (Fsp3) is 0.300. The van der Waals surface area contributed by atoms with E-state index in [-0.39, 0.29) is 0 Å². The van der Waals surface area contributed by atoms with Gasteiger partial charge in [0.15, 0.2) is 11.5 Å². The number of hydrogen-bond donors (Lipinski definition) is 1. The molecule has 0 saturated heterocycles. The van der Waals surface area contributed by atoms with Crippen molar-refractivity contribution >= 4 is 22.5 Å². The monoisotopic (exact) mass is 375 g/mol. The summed E-state index contributed by atoms with van der Waals surface area (Å²) in [6.45, 7) is 2.77. The third kappa shape index (κ3) is 2.82. The van der Waals surface area contributed by atoms with E-state index in [0.717, 1.165) is 43.7 Å². The van der Waals surface area contributed by atoms with Gasteiger partial charge in [-0.3, -0.25) is 9.88 Å². The van der Waals surface area contributed by atoms with E-state index < -0.39 is 0 Å². The van der Waals surface area contributed by atoms with Crippen molar-refractivity contribution < 1.29 is 4.74 Å². The summed E-state index contributed by atoms with van der Waals surface area (Å²) in [6.07, 6.45) is 3.64. The van der Waals surface area contributed by atoms with Crippen LogP contribution in [0.5, 0.6) is 5.75 Å². The van der Waals surface area contributed by atoms with Crippen LogP contribution in [-0.4, -0.2) is 49.7 Å². The van der Waals surface area contributed by atoms with E-state index in [9.17, 15) is 0 Å². The van der Waals surface area contributed by atoms with Gasteiger partial charge in [-0.25, -0.2) is 9.97 Å². The van der Waals surface area contributed by atoms with Gasteiger partial charge in [0.05, 0.1) is 12.8 Å². The van der Waals surface area contributed by atoms with Gasteiger partial charge in [0, 0.05) is 37.6 Å². The van der Waals surface area contributed by atoms with Gasteiger partial charge in [-0.05, 0) is 30.2 Å². The average molecular weight is 375 g/mol. The molecule has 0 fully saturated rings. The summed E-state index contributed by atoms with van der Waals surface area (Å²) in [4.78, 5) is 16.1. The van der Waals surface area contributed by atoms with Crippen molar-refractivity contribution in [1.82, 2.24) is 29.5 Å². The summed E-state index contributed by atoms with van der Waals surface area (Å²) < 4.78 is 7.02. The van der Waals surface area contributed by atoms with Crippen LogP contribution in [0.15, 0.2) is 36.5 Å². The van der Waals surface area contributed by atoms with Gasteiger partial charge in [0.2, 0.25) is 5.95 Å². The molecule has 0 aliphatic carbocycles. The summed E-state index contributed by atoms with van der Waals surface area (Å²) in [6, 6.07) is 9.92. The minimum absolute atomic E-state index is 0.307. The molecule has 142 valence electrons. The molecule has 1 aliphatic heterocycles. The maximum Gasteiger partial charge on any atom is 0.223 e. The standard InChI is InChI=1S/C20H21N7O/c1-28-16-6-2-5-14-18(16)24-20(21)27-19(14)23-17(25-27)8-11-26-10-7-13-4-3-9-22-15(13)12-26/h2-6,9H,7-8,10-12H2,1H3,(H2,21,24). The average Bonchev–Trinajstić information content (AvgIpc) is 3.17. The van der Waals surface area contributed by atoms with Crippen LogP contribution >= 0.6 is 0 Å². The molecule has 8 nitrogen and oxygen atoms in total. The first kappa shape index (κ1) is 16.9. The number of ether oxygens (including phenoxy) is 1. The number of methoxy groups -OCH3 is 1. The topological polar surface area (TPSA) is 94.5 Å². The van der Waals surface area contributed by atoms with Crippen LogP contribution in [0.2, 0.25) is 0 Å². The Morgan fingerprint density at radius 2 is 2.11 bits per heavy atom. The Kier molecular flexibility index (Phi) is 4.05. The van der Waals surface area contributed by atoms with Gasteiger partial charge in [-0.2, -0.15) is 4.52 Å². The Morgan fingerprint density at radius 3 is 3.00 bits per heavy atom. The first-order chi connectivity index (χ1) is 13.7. The van der Waals surface area contributed by atoms with Crippen molar-refractivity contribution in [3.8, 4) is 5.75 Å². The smallest absolute Gasteiger partial charge is 0.223 e. The second-order valence-electron chi connectivity index (χ2n) is 6.98. The molecule has 0 amide bonds. The number of pyridine rings is 1. The van der Waals surface area contributed by atoms with Gasteiger partial charge in [0.1, 0.15) is 11.3 Å². The zero-order chi connectivity index (χ0) is 19.1. The largest absolute Gasteiger partial charge is 0.494 e. The molecule has 0 atom stereocenters. The van der Waals surface area contributed by atoms with Gasteiger partial charge in [0.25, 0.3) is 0 Å². The molecule has 8 heteroatoms. The molecule has 28 heavy (non-hydrogen) atoms. The van der Waals surface area contributed by atoms with Crippen LogP contribution in [0.25, 0.3) is 16.6 Å². The number of rotatable bonds is 4. The lowest BCUT2D eigenvalue weighted by Gasteiger charge is -2.27. The molecule has 2 N–H and O–H groups in total. The van der Waals surface area contributed by atoms with Gasteiger partial charge < -0.3 is 10.5 Å². The Hall–Kier alpha value is -3.26. The molecular formula is C20H21N7O. The summed E-state index contributed by atoms with van der Waals surface area (Å²) in [7, 11) is 1.62. The number of nitrogen functional groups attached to an aromatic ring is 1. The molecular weight excluding hydrogens is 354 g/mol. The highest BCUT2D eigenvalue weighted by atomic mass is 16.5. The van der Waals surface area contributed by atoms with Crippen molar-refractivity contribution in [1.29, 1.82) is 0 Å². The number of para-hydroxylation sites is 1. The van der Waals surface area contributed by atoms with Crippen molar-refractivity contribution in [3.05, 3.63) is 53.6 Å². The lowest BCUT2D eigenvalue weighted by molar-refractivity contribution is 0.251. The van der Waals surface area contributed by atoms with Crippen LogP contribution in [0.1, 0.15) is 17.1 Å². The maximum atomic E-state index is 6.13. The molecule has 0 unspecified atom stereocenters. The Morgan fingerprint density at radius 1 is 1.18 bits per heavy atom. The number of hydrogen-bond acceptors (Lipinski definition) is 7. The molecule has 0 saturated carbocycles. The van der Waals surface area contributed by atoms with Crippen LogP contribution in [0, 0.1) is 0 Å². The van der Waals surface area contributed by atoms with Crippen molar-refractivity contribution in [2.45, 2.75) is 19.4 Å². The maximum absolute atomic E-state index is 6.13. The highest BCUT2D eigenvalue weighted by molar-refractivity contribution is 5.95. The van der Waals surface area contributed by atoms with Gasteiger partial charge >= 0.3 is 0 Å². The van der Waals surface area contributed by atoms with E-state index in [1.165, 1.54) is 11.3 Å². The zero-order valence-electron chi connectivity index (χ0n) is 15.7. The molecule has 4 heterocycles. The molecule has 1 aromatic carbocycles. The molecule has 1 aliphatic rings. The Labute approximate surface area is 162 Å². The number of nitrogens with zero attached hydrogens (tertiary/aromatic N) is 6. The van der Waals surface area contributed by atoms with E-state index >= 15 is 0 Å². The quantitative estimate of drug-likeness (QED) is 0.582. The predicted molar refractivity (Wildman–Crippen MR) is 106 cm³/mol. The second kappa shape index (κ2) is 6.72. The van der Waals surface area contributed by atoms with E-state index in [1.54, 1.807) is 11.6 Å². The van der Waals surface area contributed by atoms with E-state index in [2.05, 4.69) is 26.0 Å². The van der Waals surface area contributed by atoms with E-state index in [0.29, 0.717) is 22.9 Å². The lowest BCUT2D eigenvalue weighted by atomic mass is 10.1. The summed E-state index contributed by atoms with van der Waals surface area (Å²) in [5.74, 6) is 1.74. The van der Waals surface area contributed by atoms with Crippen LogP contribution in [0.3, 0.4) is 0 Å². The SMILES string of the molecule is COc1cccc2c1nc(N)n1nc(CCN3CCc4cccnc4C3)nc21.